The van der Waals surface area contributed by atoms with Crippen LogP contribution >= 0.6 is 11.3 Å². The van der Waals surface area contributed by atoms with Gasteiger partial charge in [0.25, 0.3) is 6.43 Å². The predicted molar refractivity (Wildman–Crippen MR) is 127 cm³/mol. The lowest BCUT2D eigenvalue weighted by Crippen LogP contribution is -2.66. The average Bonchev–Trinajstić information content (AvgIpc) is 3.47. The minimum atomic E-state index is -4.18. The van der Waals surface area contributed by atoms with E-state index < -0.39 is 33.1 Å². The number of pyridine rings is 1. The van der Waals surface area contributed by atoms with Gasteiger partial charge in [-0.25, -0.2) is 21.7 Å². The summed E-state index contributed by atoms with van der Waals surface area (Å²) < 4.78 is 62.7. The topological polar surface area (TPSA) is 138 Å². The molecule has 0 saturated carbocycles. The zero-order valence-corrected chi connectivity index (χ0v) is 21.3. The fourth-order valence-corrected chi connectivity index (χ4v) is 6.62. The van der Waals surface area contributed by atoms with Gasteiger partial charge in [0.2, 0.25) is 10.0 Å². The summed E-state index contributed by atoms with van der Waals surface area (Å²) in [5.74, 6) is 0.516. The molecule has 15 heteroatoms. The molecule has 5 heterocycles. The molecule has 0 amide bonds. The van der Waals surface area contributed by atoms with Crippen molar-refractivity contribution in [2.45, 2.75) is 55.8 Å². The van der Waals surface area contributed by atoms with Gasteiger partial charge in [-0.15, -0.1) is 10.2 Å². The average molecular weight is 539 g/mol. The smallest absolute Gasteiger partial charge is 0.291 e. The highest BCUT2D eigenvalue weighted by Gasteiger charge is 2.49. The summed E-state index contributed by atoms with van der Waals surface area (Å²) in [6.45, 7) is 6.79. The Balaban J connectivity index is 1.66. The van der Waals surface area contributed by atoms with Crippen LogP contribution in [0.3, 0.4) is 0 Å². The molecule has 4 atom stereocenters. The van der Waals surface area contributed by atoms with Crippen LogP contribution in [0.5, 0.6) is 0 Å². The Hall–Kier alpha value is -2.77. The van der Waals surface area contributed by atoms with E-state index in [1.165, 1.54) is 18.3 Å². The van der Waals surface area contributed by atoms with Crippen molar-refractivity contribution in [1.82, 2.24) is 29.9 Å². The van der Waals surface area contributed by atoms with Crippen LogP contribution in [-0.4, -0.2) is 71.7 Å². The standard InChI is InChI=1S/C21H24F2N8O3S2/c1-11-7-30(8-12(2)26-11)17-5-14(36(32,33)29-21(9-24)10-34-13(21)3)4-16-15(6-25-31(16)17)19-27-28-20(35-19)18(22)23/h4-6,11-13,18,26,29H,7-8,10H2,1-3H3/t11-,12-,13?,21?/m0/s1. The van der Waals surface area contributed by atoms with Gasteiger partial charge in [-0.2, -0.15) is 15.1 Å². The number of ether oxygens (including phenoxy) is 1. The van der Waals surface area contributed by atoms with Crippen LogP contribution in [0, 0.1) is 11.3 Å². The van der Waals surface area contributed by atoms with E-state index in [4.69, 9.17) is 4.74 Å². The Morgan fingerprint density at radius 3 is 2.56 bits per heavy atom. The molecule has 3 aromatic rings. The second-order valence-electron chi connectivity index (χ2n) is 9.17. The number of nitrogens with zero attached hydrogens (tertiary/aromatic N) is 6. The van der Waals surface area contributed by atoms with E-state index >= 15 is 0 Å². The zero-order chi connectivity index (χ0) is 25.8. The van der Waals surface area contributed by atoms with Crippen LogP contribution in [0.1, 0.15) is 32.2 Å². The minimum Gasteiger partial charge on any atom is -0.372 e. The van der Waals surface area contributed by atoms with E-state index in [1.807, 2.05) is 24.8 Å². The molecule has 36 heavy (non-hydrogen) atoms. The summed E-state index contributed by atoms with van der Waals surface area (Å²) in [4.78, 5) is 1.94. The fraction of sp³-hybridized carbons (Fsp3) is 0.524. The molecule has 192 valence electrons. The largest absolute Gasteiger partial charge is 0.372 e. The van der Waals surface area contributed by atoms with Gasteiger partial charge in [0, 0.05) is 31.2 Å². The van der Waals surface area contributed by atoms with Gasteiger partial charge < -0.3 is 15.0 Å². The van der Waals surface area contributed by atoms with Crippen LogP contribution in [-0.2, 0) is 14.8 Å². The maximum Gasteiger partial charge on any atom is 0.291 e. The molecular weight excluding hydrogens is 514 g/mol. The van der Waals surface area contributed by atoms with Gasteiger partial charge in [-0.05, 0) is 26.8 Å². The first-order valence-corrected chi connectivity index (χ1v) is 13.5. The second-order valence-corrected chi connectivity index (χ2v) is 11.9. The number of aromatic nitrogens is 4. The molecule has 2 aliphatic heterocycles. The molecule has 11 nitrogen and oxygen atoms in total. The molecular formula is C21H24F2N8O3S2. The summed E-state index contributed by atoms with van der Waals surface area (Å²) in [6.07, 6.45) is -1.92. The van der Waals surface area contributed by atoms with Crippen molar-refractivity contribution in [3.8, 4) is 16.6 Å². The normalized spacial score (nSPS) is 26.8. The Morgan fingerprint density at radius 1 is 1.28 bits per heavy atom. The highest BCUT2D eigenvalue weighted by Crippen LogP contribution is 2.35. The van der Waals surface area contributed by atoms with Gasteiger partial charge >= 0.3 is 0 Å². The van der Waals surface area contributed by atoms with Gasteiger partial charge in [0.15, 0.2) is 15.6 Å². The lowest BCUT2D eigenvalue weighted by molar-refractivity contribution is -0.102. The number of sulfonamides is 1. The number of piperazine rings is 1. The molecule has 0 spiro atoms. The van der Waals surface area contributed by atoms with E-state index in [1.54, 1.807) is 11.4 Å². The Bertz CT molecular complexity index is 1440. The van der Waals surface area contributed by atoms with Gasteiger partial charge in [-0.1, -0.05) is 11.3 Å². The first kappa shape index (κ1) is 24.9. The third kappa shape index (κ3) is 4.22. The van der Waals surface area contributed by atoms with Crippen LogP contribution in [0.2, 0.25) is 0 Å². The summed E-state index contributed by atoms with van der Waals surface area (Å²) in [6, 6.07) is 5.20. The van der Waals surface area contributed by atoms with E-state index in [9.17, 15) is 22.5 Å². The molecule has 0 aromatic carbocycles. The second kappa shape index (κ2) is 8.96. The molecule has 2 saturated heterocycles. The highest BCUT2D eigenvalue weighted by atomic mass is 32.2. The quantitative estimate of drug-likeness (QED) is 0.482. The van der Waals surface area contributed by atoms with Gasteiger partial charge in [0.1, 0.15) is 5.82 Å². The number of rotatable bonds is 6. The molecule has 0 aliphatic carbocycles. The maximum atomic E-state index is 13.5. The highest BCUT2D eigenvalue weighted by molar-refractivity contribution is 7.89. The molecule has 0 bridgehead atoms. The number of hydrogen-bond acceptors (Lipinski definition) is 10. The lowest BCUT2D eigenvalue weighted by Gasteiger charge is -2.42. The number of halogens is 2. The van der Waals surface area contributed by atoms with Crippen LogP contribution < -0.4 is 14.9 Å². The molecule has 2 unspecified atom stereocenters. The molecule has 2 N–H and O–H groups in total. The molecule has 2 fully saturated rings. The zero-order valence-electron chi connectivity index (χ0n) is 19.6. The number of nitriles is 1. The van der Waals surface area contributed by atoms with Crippen molar-refractivity contribution in [3.63, 3.8) is 0 Å². The van der Waals surface area contributed by atoms with E-state index in [0.717, 1.165) is 11.3 Å². The van der Waals surface area contributed by atoms with E-state index in [2.05, 4.69) is 25.3 Å². The fourth-order valence-electron chi connectivity index (χ4n) is 4.51. The SMILES string of the molecule is CC1OCC1(C#N)NS(=O)(=O)c1cc(N2C[C@H](C)N[C@@H](C)C2)n2ncc(-c3nnc(C(F)F)s3)c2c1. The maximum absolute atomic E-state index is 13.5. The molecule has 2 aliphatic rings. The van der Waals surface area contributed by atoms with Gasteiger partial charge in [-0.3, -0.25) is 0 Å². The third-order valence-corrected chi connectivity index (χ3v) is 8.85. The van der Waals surface area contributed by atoms with Crippen LogP contribution in [0.4, 0.5) is 14.6 Å². The minimum absolute atomic E-state index is 0.0645. The Morgan fingerprint density at radius 2 is 2.00 bits per heavy atom. The summed E-state index contributed by atoms with van der Waals surface area (Å²) in [5.41, 5.74) is -0.630. The lowest BCUT2D eigenvalue weighted by atomic mass is 9.92. The summed E-state index contributed by atoms with van der Waals surface area (Å²) in [5, 5.41) is 24.7. The third-order valence-electron chi connectivity index (χ3n) is 6.39. The number of hydrogen-bond donors (Lipinski definition) is 2. The number of nitrogens with one attached hydrogen (secondary N) is 2. The summed E-state index contributed by atoms with van der Waals surface area (Å²) >= 11 is 0.722. The van der Waals surface area contributed by atoms with Crippen LogP contribution in [0.25, 0.3) is 16.1 Å². The van der Waals surface area contributed by atoms with Gasteiger partial charge in [0.05, 0.1) is 41.0 Å². The van der Waals surface area contributed by atoms with E-state index in [0.29, 0.717) is 30.0 Å². The predicted octanol–water partition coefficient (Wildman–Crippen LogP) is 1.94. The molecule has 0 radical (unpaired) electrons. The number of anilines is 1. The van der Waals surface area contributed by atoms with Crippen molar-refractivity contribution < 1.29 is 21.9 Å². The molecule has 3 aromatic heterocycles. The Kier molecular flexibility index (Phi) is 6.20. The number of alkyl halides is 2. The first-order chi connectivity index (χ1) is 17.0. The molecule has 5 rings (SSSR count). The van der Waals surface area contributed by atoms with Crippen molar-refractivity contribution >= 4 is 32.7 Å². The van der Waals surface area contributed by atoms with E-state index in [-0.39, 0.29) is 28.6 Å². The first-order valence-electron chi connectivity index (χ1n) is 11.2. The monoisotopic (exact) mass is 538 g/mol. The van der Waals surface area contributed by atoms with Crippen LogP contribution in [0.15, 0.2) is 23.2 Å². The van der Waals surface area contributed by atoms with Crippen molar-refractivity contribution in [2.24, 2.45) is 0 Å². The summed E-state index contributed by atoms with van der Waals surface area (Å²) in [7, 11) is -4.18. The van der Waals surface area contributed by atoms with Crippen molar-refractivity contribution in [3.05, 3.63) is 23.3 Å². The Labute approximate surface area is 210 Å². The van der Waals surface area contributed by atoms with Crippen molar-refractivity contribution in [2.75, 3.05) is 24.6 Å². The van der Waals surface area contributed by atoms with Crippen molar-refractivity contribution in [1.29, 1.82) is 5.26 Å². The number of fused-ring (bicyclic) bond motifs is 1.